The van der Waals surface area contributed by atoms with E-state index in [9.17, 15) is 24.4 Å². The van der Waals surface area contributed by atoms with Crippen molar-refractivity contribution < 1.29 is 47.8 Å². The van der Waals surface area contributed by atoms with Crippen LogP contribution in [0.1, 0.15) is 93.3 Å². The number of carbonyl (C=O) groups excluding carboxylic acids is 2. The van der Waals surface area contributed by atoms with E-state index in [-0.39, 0.29) is 36.5 Å². The number of aliphatic hydroxyl groups is 2. The monoisotopic (exact) mass is 703 g/mol. The number of hydrogen-bond donors (Lipinski definition) is 6. The summed E-state index contributed by atoms with van der Waals surface area (Å²) in [7, 11) is -2.88. The van der Waals surface area contributed by atoms with Crippen LogP contribution >= 0.6 is 7.67 Å². The molecule has 48 heavy (non-hydrogen) atoms. The van der Waals surface area contributed by atoms with Crippen LogP contribution in [-0.4, -0.2) is 93.5 Å². The van der Waals surface area contributed by atoms with Gasteiger partial charge in [0.05, 0.1) is 25.1 Å². The highest BCUT2D eigenvalue weighted by atomic mass is 31.2. The largest absolute Gasteiger partial charge is 0.462 e. The summed E-state index contributed by atoms with van der Waals surface area (Å²) in [6.07, 6.45) is -3.77. The Bertz CT molecular complexity index is 1290. The van der Waals surface area contributed by atoms with Crippen molar-refractivity contribution in [3.8, 4) is 0 Å². The summed E-state index contributed by atoms with van der Waals surface area (Å²) in [6.45, 7) is 15.2. The van der Waals surface area contributed by atoms with Gasteiger partial charge in [0, 0.05) is 7.11 Å². The second-order valence-electron chi connectivity index (χ2n) is 13.8. The van der Waals surface area contributed by atoms with Crippen molar-refractivity contribution in [1.82, 2.24) is 25.0 Å². The van der Waals surface area contributed by atoms with Crippen LogP contribution in [0.5, 0.6) is 0 Å². The molecule has 17 nitrogen and oxygen atoms in total. The average molecular weight is 704 g/mol. The van der Waals surface area contributed by atoms with Gasteiger partial charge in [0.25, 0.3) is 0 Å². The summed E-state index contributed by atoms with van der Waals surface area (Å²) in [6, 6.07) is -2.17. The molecule has 0 saturated carbocycles. The van der Waals surface area contributed by atoms with E-state index < -0.39 is 80.8 Å². The number of imidazole rings is 1. The topological polar surface area (TPSA) is 230 Å². The zero-order valence-corrected chi connectivity index (χ0v) is 30.4. The summed E-state index contributed by atoms with van der Waals surface area (Å²) in [5, 5.41) is 31.2. The van der Waals surface area contributed by atoms with Gasteiger partial charge in [0.1, 0.15) is 35.6 Å². The smallest absolute Gasteiger partial charge is 0.342 e. The van der Waals surface area contributed by atoms with E-state index in [0.717, 1.165) is 0 Å². The maximum atomic E-state index is 14.7. The Morgan fingerprint density at radius 1 is 1.06 bits per heavy atom. The number of aromatic nitrogens is 2. The number of ether oxygens (including phenoxy) is 4. The predicted molar refractivity (Wildman–Crippen MR) is 176 cm³/mol. The third kappa shape index (κ3) is 9.97. The van der Waals surface area contributed by atoms with E-state index in [1.165, 1.54) is 24.9 Å². The van der Waals surface area contributed by atoms with Gasteiger partial charge < -0.3 is 44.7 Å². The molecule has 2 aliphatic heterocycles. The molecule has 7 N–H and O–H groups in total. The number of fused-ring (bicyclic) bond motifs is 1. The van der Waals surface area contributed by atoms with E-state index in [1.807, 2.05) is 27.7 Å². The summed E-state index contributed by atoms with van der Waals surface area (Å²) in [4.78, 5) is 34.9. The molecule has 274 valence electrons. The minimum absolute atomic E-state index is 0.0189. The van der Waals surface area contributed by atoms with Gasteiger partial charge in [0.15, 0.2) is 24.2 Å². The Balaban J connectivity index is 1.94. The molecule has 0 bridgehead atoms. The molecular formula is C30H54N7O10P. The second-order valence-corrected chi connectivity index (χ2v) is 15.6. The Labute approximate surface area is 282 Å². The molecule has 18 heteroatoms. The van der Waals surface area contributed by atoms with Crippen LogP contribution in [0, 0.1) is 11.8 Å². The van der Waals surface area contributed by atoms with Crippen LogP contribution in [0.3, 0.4) is 0 Å². The molecule has 1 saturated heterocycles. The lowest BCUT2D eigenvalue weighted by molar-refractivity contribution is -0.150. The number of rotatable bonds is 17. The quantitative estimate of drug-likeness (QED) is 0.101. The molecule has 2 aliphatic rings. The minimum atomic E-state index is -4.34. The van der Waals surface area contributed by atoms with E-state index in [1.54, 1.807) is 27.7 Å². The third-order valence-corrected chi connectivity index (χ3v) is 9.37. The molecule has 7 atom stereocenters. The van der Waals surface area contributed by atoms with Gasteiger partial charge in [-0.2, -0.15) is 4.99 Å². The number of nitrogens with two attached hydrogens (primary N) is 1. The molecule has 3 heterocycles. The lowest BCUT2D eigenvalue weighted by Crippen LogP contribution is -2.47. The van der Waals surface area contributed by atoms with Crippen molar-refractivity contribution in [2.45, 2.75) is 130 Å². The van der Waals surface area contributed by atoms with Crippen LogP contribution in [0.4, 0.5) is 5.82 Å². The SMILES string of the molecule is COC1NC(N)=Nc2c1ncn2[C@@H]1O[C@H](COP(=O)(NC(CC(C)C)C(=O)OC(C)C)NC(CC(C)C)C(=O)OC(C)C)C(O)[C@]1(C)O. The van der Waals surface area contributed by atoms with Crippen LogP contribution < -0.4 is 21.2 Å². The van der Waals surface area contributed by atoms with Gasteiger partial charge >= 0.3 is 19.6 Å². The normalized spacial score (nSPS) is 26.6. The van der Waals surface area contributed by atoms with Crippen LogP contribution in [0.25, 0.3) is 0 Å². The number of guanidine groups is 1. The number of hydrogen-bond acceptors (Lipinski definition) is 14. The first-order valence-electron chi connectivity index (χ1n) is 16.2. The molecule has 1 aromatic heterocycles. The highest BCUT2D eigenvalue weighted by molar-refractivity contribution is 7.54. The Kier molecular flexibility index (Phi) is 13.6. The number of esters is 2. The third-order valence-electron chi connectivity index (χ3n) is 7.55. The van der Waals surface area contributed by atoms with Gasteiger partial charge in [-0.1, -0.05) is 27.7 Å². The molecule has 1 aromatic rings. The van der Waals surface area contributed by atoms with Gasteiger partial charge in [-0.05, 0) is 59.3 Å². The first-order valence-corrected chi connectivity index (χ1v) is 17.9. The van der Waals surface area contributed by atoms with Gasteiger partial charge in [-0.15, -0.1) is 0 Å². The van der Waals surface area contributed by atoms with Crippen molar-refractivity contribution in [2.75, 3.05) is 13.7 Å². The summed E-state index contributed by atoms with van der Waals surface area (Å²) < 4.78 is 44.4. The number of aliphatic hydroxyl groups excluding tert-OH is 1. The number of carbonyl (C=O) groups is 2. The Morgan fingerprint density at radius 3 is 2.04 bits per heavy atom. The molecule has 0 spiro atoms. The maximum absolute atomic E-state index is 14.7. The molecule has 0 aliphatic carbocycles. The van der Waals surface area contributed by atoms with E-state index in [0.29, 0.717) is 5.69 Å². The predicted octanol–water partition coefficient (Wildman–Crippen LogP) is 2.12. The molecule has 3 rings (SSSR count). The van der Waals surface area contributed by atoms with Crippen molar-refractivity contribution in [3.63, 3.8) is 0 Å². The van der Waals surface area contributed by atoms with Gasteiger partial charge in [-0.3, -0.25) is 18.7 Å². The zero-order valence-electron chi connectivity index (χ0n) is 29.5. The van der Waals surface area contributed by atoms with E-state index >= 15 is 0 Å². The highest BCUT2D eigenvalue weighted by Crippen LogP contribution is 2.46. The fourth-order valence-corrected chi connectivity index (χ4v) is 7.24. The van der Waals surface area contributed by atoms with E-state index in [4.69, 9.17) is 29.2 Å². The number of methoxy groups -OCH3 is 1. The molecule has 1 fully saturated rings. The molecule has 4 unspecified atom stereocenters. The molecular weight excluding hydrogens is 649 g/mol. The second kappa shape index (κ2) is 16.4. The molecule has 0 amide bonds. The number of aliphatic imine (C=N–C) groups is 1. The maximum Gasteiger partial charge on any atom is 0.342 e. The summed E-state index contributed by atoms with van der Waals surface area (Å²) in [5.74, 6) is -1.05. The fourth-order valence-electron chi connectivity index (χ4n) is 5.41. The van der Waals surface area contributed by atoms with Crippen molar-refractivity contribution in [3.05, 3.63) is 12.0 Å². The van der Waals surface area contributed by atoms with Crippen molar-refractivity contribution in [1.29, 1.82) is 0 Å². The lowest BCUT2D eigenvalue weighted by atomic mass is 9.96. The first kappa shape index (κ1) is 39.8. The van der Waals surface area contributed by atoms with Crippen LogP contribution in [0.2, 0.25) is 0 Å². The highest BCUT2D eigenvalue weighted by Gasteiger charge is 2.54. The Morgan fingerprint density at radius 2 is 1.58 bits per heavy atom. The van der Waals surface area contributed by atoms with Crippen molar-refractivity contribution >= 4 is 31.4 Å². The zero-order chi connectivity index (χ0) is 36.1. The van der Waals surface area contributed by atoms with Crippen molar-refractivity contribution in [2.24, 2.45) is 22.6 Å². The standard InChI is InChI=1S/C30H54N7O10P/c1-15(2)11-19(26(39)45-17(5)6)35-48(42,36-20(12-16(3)4)27(40)46-18(7)8)44-13-21-23(38)30(9,41)28(47-21)37-14-32-22-24(37)33-29(31)34-25(22)43-10/h14-21,23,25,28,38,41H,11-13H2,1-10H3,(H3,31,33,34)(H2,35,36,42)/t19?,20?,21-,23?,25?,28-,30+,48?/m1/s1. The lowest BCUT2D eigenvalue weighted by Gasteiger charge is -2.31. The number of nitrogens with zero attached hydrogens (tertiary/aromatic N) is 3. The van der Waals surface area contributed by atoms with Crippen LogP contribution in [0.15, 0.2) is 11.3 Å². The number of nitrogens with one attached hydrogen (secondary N) is 3. The Hall–Kier alpha value is -2.63. The molecule has 0 radical (unpaired) electrons. The first-order chi connectivity index (χ1) is 22.3. The fraction of sp³-hybridized carbons (Fsp3) is 0.800. The summed E-state index contributed by atoms with van der Waals surface area (Å²) >= 11 is 0. The van der Waals surface area contributed by atoms with E-state index in [2.05, 4.69) is 25.5 Å². The minimum Gasteiger partial charge on any atom is -0.462 e. The summed E-state index contributed by atoms with van der Waals surface area (Å²) in [5.41, 5.74) is 4.40. The average Bonchev–Trinajstić information content (AvgIpc) is 3.46. The molecule has 0 aromatic carbocycles. The van der Waals surface area contributed by atoms with Gasteiger partial charge in [-0.25, -0.2) is 15.2 Å². The van der Waals surface area contributed by atoms with Crippen LogP contribution in [-0.2, 0) is 37.6 Å². The van der Waals surface area contributed by atoms with Gasteiger partial charge in [0.2, 0.25) is 0 Å².